The van der Waals surface area contributed by atoms with Crippen LogP contribution in [0, 0.1) is 0 Å². The van der Waals surface area contributed by atoms with E-state index >= 15 is 0 Å². The Kier molecular flexibility index (Phi) is 5.07. The van der Waals surface area contributed by atoms with Gasteiger partial charge >= 0.3 is 0 Å². The van der Waals surface area contributed by atoms with Crippen LogP contribution >= 0.6 is 34.8 Å². The summed E-state index contributed by atoms with van der Waals surface area (Å²) >= 11 is 17.6. The molecule has 20 heavy (non-hydrogen) atoms. The maximum absolute atomic E-state index is 11.8. The summed E-state index contributed by atoms with van der Waals surface area (Å²) in [6.45, 7) is 0. The van der Waals surface area contributed by atoms with Crippen LogP contribution < -0.4 is 5.32 Å². The number of benzene rings is 2. The van der Waals surface area contributed by atoms with Gasteiger partial charge < -0.3 is 5.32 Å². The zero-order valence-electron chi connectivity index (χ0n) is 10.2. The van der Waals surface area contributed by atoms with E-state index in [1.807, 2.05) is 12.1 Å². The minimum absolute atomic E-state index is 0.275. The van der Waals surface area contributed by atoms with Crippen molar-refractivity contribution in [3.63, 3.8) is 0 Å². The summed E-state index contributed by atoms with van der Waals surface area (Å²) in [5.74, 6) is -0.275. The van der Waals surface area contributed by atoms with Crippen molar-refractivity contribution in [3.8, 4) is 0 Å². The highest BCUT2D eigenvalue weighted by Crippen LogP contribution is 2.22. The first kappa shape index (κ1) is 14.9. The van der Waals surface area contributed by atoms with Gasteiger partial charge in [-0.1, -0.05) is 46.9 Å². The molecule has 0 aromatic heterocycles. The molecule has 102 valence electrons. The summed E-state index contributed by atoms with van der Waals surface area (Å²) in [4.78, 5) is 11.8. The number of carbonyl (C=O) groups is 1. The molecule has 0 atom stereocenters. The van der Waals surface area contributed by atoms with E-state index < -0.39 is 0 Å². The second-order valence-electron chi connectivity index (χ2n) is 4.04. The van der Waals surface area contributed by atoms with E-state index in [1.54, 1.807) is 36.4 Å². The predicted octanol–water partition coefficient (Wildman–Crippen LogP) is 5.30. The zero-order chi connectivity index (χ0) is 14.5. The van der Waals surface area contributed by atoms with Gasteiger partial charge in [0.05, 0.1) is 0 Å². The van der Waals surface area contributed by atoms with Crippen molar-refractivity contribution in [1.82, 2.24) is 0 Å². The van der Waals surface area contributed by atoms with Crippen LogP contribution in [0.4, 0.5) is 5.69 Å². The Morgan fingerprint density at radius 1 is 0.950 bits per heavy atom. The molecule has 2 aromatic rings. The molecule has 1 N–H and O–H groups in total. The van der Waals surface area contributed by atoms with Gasteiger partial charge in [-0.25, -0.2) is 0 Å². The molecule has 0 aliphatic rings. The smallest absolute Gasteiger partial charge is 0.248 e. The molecular formula is C15H10Cl3NO. The van der Waals surface area contributed by atoms with Crippen molar-refractivity contribution in [2.24, 2.45) is 0 Å². The van der Waals surface area contributed by atoms with Crippen LogP contribution in [0.1, 0.15) is 5.56 Å². The molecule has 2 nitrogen and oxygen atoms in total. The van der Waals surface area contributed by atoms with Gasteiger partial charge in [0.15, 0.2) is 0 Å². The second kappa shape index (κ2) is 6.80. The van der Waals surface area contributed by atoms with Gasteiger partial charge in [0, 0.05) is 26.8 Å². The minimum atomic E-state index is -0.275. The van der Waals surface area contributed by atoms with Crippen LogP contribution in [0.15, 0.2) is 48.5 Å². The average Bonchev–Trinajstić information content (AvgIpc) is 2.35. The average molecular weight is 327 g/mol. The maximum atomic E-state index is 11.8. The van der Waals surface area contributed by atoms with Crippen LogP contribution in [0.25, 0.3) is 6.08 Å². The summed E-state index contributed by atoms with van der Waals surface area (Å²) in [5, 5.41) is 4.23. The molecule has 0 aliphatic carbocycles. The van der Waals surface area contributed by atoms with Crippen molar-refractivity contribution in [2.45, 2.75) is 0 Å². The number of nitrogens with one attached hydrogen (secondary N) is 1. The molecular weight excluding hydrogens is 317 g/mol. The number of hydrogen-bond acceptors (Lipinski definition) is 1. The molecule has 0 saturated carbocycles. The number of carbonyl (C=O) groups excluding carboxylic acids is 1. The van der Waals surface area contributed by atoms with Crippen molar-refractivity contribution in [1.29, 1.82) is 0 Å². The highest BCUT2D eigenvalue weighted by atomic mass is 35.5. The molecule has 0 bridgehead atoms. The Morgan fingerprint density at radius 2 is 1.65 bits per heavy atom. The first-order valence-corrected chi connectivity index (χ1v) is 6.87. The number of anilines is 1. The van der Waals surface area contributed by atoms with Crippen molar-refractivity contribution < 1.29 is 4.79 Å². The van der Waals surface area contributed by atoms with E-state index in [-0.39, 0.29) is 5.91 Å². The number of rotatable bonds is 3. The Bertz CT molecular complexity index is 648. The van der Waals surface area contributed by atoms with Crippen molar-refractivity contribution >= 4 is 52.5 Å². The third kappa shape index (κ3) is 4.57. The summed E-state index contributed by atoms with van der Waals surface area (Å²) in [5.41, 5.74) is 1.39. The number of amides is 1. The largest absolute Gasteiger partial charge is 0.322 e. The minimum Gasteiger partial charge on any atom is -0.322 e. The molecule has 2 aromatic carbocycles. The lowest BCUT2D eigenvalue weighted by atomic mass is 10.2. The SMILES string of the molecule is O=C(/C=C/c1cccc(Cl)c1)Nc1cc(Cl)cc(Cl)c1. The van der Waals surface area contributed by atoms with Crippen molar-refractivity contribution in [3.05, 3.63) is 69.2 Å². The highest BCUT2D eigenvalue weighted by Gasteiger charge is 2.01. The highest BCUT2D eigenvalue weighted by molar-refractivity contribution is 6.35. The van der Waals surface area contributed by atoms with Gasteiger partial charge in [-0.15, -0.1) is 0 Å². The lowest BCUT2D eigenvalue weighted by Gasteiger charge is -2.03. The van der Waals surface area contributed by atoms with Crippen LogP contribution in [0.3, 0.4) is 0 Å². The molecule has 0 spiro atoms. The van der Waals surface area contributed by atoms with Gasteiger partial charge in [-0.2, -0.15) is 0 Å². The van der Waals surface area contributed by atoms with E-state index in [1.165, 1.54) is 6.08 Å². The molecule has 0 heterocycles. The Hall–Kier alpha value is -1.48. The first-order valence-electron chi connectivity index (χ1n) is 5.74. The van der Waals surface area contributed by atoms with Gasteiger partial charge in [-0.3, -0.25) is 4.79 Å². The molecule has 0 unspecified atom stereocenters. The third-order valence-corrected chi connectivity index (χ3v) is 3.08. The fraction of sp³-hybridized carbons (Fsp3) is 0. The molecule has 0 saturated heterocycles. The summed E-state index contributed by atoms with van der Waals surface area (Å²) in [6.07, 6.45) is 3.09. The Balaban J connectivity index is 2.05. The normalized spacial score (nSPS) is 10.8. The molecule has 0 fully saturated rings. The number of halogens is 3. The zero-order valence-corrected chi connectivity index (χ0v) is 12.5. The van der Waals surface area contributed by atoms with Crippen LogP contribution in [0.2, 0.25) is 15.1 Å². The Morgan fingerprint density at radius 3 is 2.30 bits per heavy atom. The summed E-state index contributed by atoms with van der Waals surface area (Å²) in [6, 6.07) is 12.1. The van der Waals surface area contributed by atoms with Crippen molar-refractivity contribution in [2.75, 3.05) is 5.32 Å². The van der Waals surface area contributed by atoms with Crippen LogP contribution in [0.5, 0.6) is 0 Å². The second-order valence-corrected chi connectivity index (χ2v) is 5.35. The lowest BCUT2D eigenvalue weighted by molar-refractivity contribution is -0.111. The summed E-state index contributed by atoms with van der Waals surface area (Å²) in [7, 11) is 0. The van der Waals surface area contributed by atoms with Crippen LogP contribution in [-0.4, -0.2) is 5.91 Å². The van der Waals surface area contributed by atoms with E-state index in [0.29, 0.717) is 20.8 Å². The molecule has 2 rings (SSSR count). The van der Waals surface area contributed by atoms with Gasteiger partial charge in [-0.05, 0) is 42.0 Å². The molecule has 0 aliphatic heterocycles. The Labute approximate surface area is 132 Å². The van der Waals surface area contributed by atoms with Gasteiger partial charge in [0.2, 0.25) is 5.91 Å². The van der Waals surface area contributed by atoms with E-state index in [4.69, 9.17) is 34.8 Å². The van der Waals surface area contributed by atoms with Crippen LogP contribution in [-0.2, 0) is 4.79 Å². The fourth-order valence-electron chi connectivity index (χ4n) is 1.59. The predicted molar refractivity (Wildman–Crippen MR) is 85.6 cm³/mol. The van der Waals surface area contributed by atoms with E-state index in [9.17, 15) is 4.79 Å². The standard InChI is InChI=1S/C15H10Cl3NO/c16-11-3-1-2-10(6-11)4-5-15(20)19-14-8-12(17)7-13(18)9-14/h1-9H,(H,19,20)/b5-4+. The van der Waals surface area contributed by atoms with Gasteiger partial charge in [0.25, 0.3) is 0 Å². The summed E-state index contributed by atoms with van der Waals surface area (Å²) < 4.78 is 0. The third-order valence-electron chi connectivity index (χ3n) is 2.41. The fourth-order valence-corrected chi connectivity index (χ4v) is 2.32. The molecule has 1 amide bonds. The maximum Gasteiger partial charge on any atom is 0.248 e. The van der Waals surface area contributed by atoms with E-state index in [0.717, 1.165) is 5.56 Å². The van der Waals surface area contributed by atoms with Gasteiger partial charge in [0.1, 0.15) is 0 Å². The quantitative estimate of drug-likeness (QED) is 0.762. The lowest BCUT2D eigenvalue weighted by Crippen LogP contribution is -2.07. The topological polar surface area (TPSA) is 29.1 Å². The first-order chi connectivity index (χ1) is 9.52. The van der Waals surface area contributed by atoms with E-state index in [2.05, 4.69) is 5.32 Å². The molecule has 5 heteroatoms. The monoisotopic (exact) mass is 325 g/mol. The number of hydrogen-bond donors (Lipinski definition) is 1. The molecule has 0 radical (unpaired) electrons.